The molecule has 6 nitrogen and oxygen atoms in total. The molecule has 4 aromatic rings. The molecule has 0 atom stereocenters. The molecule has 2 aromatic carbocycles. The Labute approximate surface area is 207 Å². The van der Waals surface area contributed by atoms with E-state index in [9.17, 15) is 14.9 Å². The highest BCUT2D eigenvalue weighted by atomic mass is 79.9. The standard InChI is InChI=1S/C24H20BrN3O3S2/c1-24(2,3)15-10-8-14(9-11-15)20-21(16-6-4-5-7-17(16)25)33-23(26-20)27-22(29)18-12-13-19(32-18)28(30)31/h4-13H,1-3H3,(H,26,27,29). The average molecular weight is 542 g/mol. The van der Waals surface area contributed by atoms with Crippen LogP contribution in [-0.4, -0.2) is 15.8 Å². The summed E-state index contributed by atoms with van der Waals surface area (Å²) in [5, 5.41) is 14.1. The molecule has 9 heteroatoms. The van der Waals surface area contributed by atoms with Crippen LogP contribution in [0.2, 0.25) is 0 Å². The van der Waals surface area contributed by atoms with E-state index in [4.69, 9.17) is 4.98 Å². The summed E-state index contributed by atoms with van der Waals surface area (Å²) >= 11 is 5.82. The molecular formula is C24H20BrN3O3S2. The molecule has 0 radical (unpaired) electrons. The van der Waals surface area contributed by atoms with Crippen molar-refractivity contribution in [2.75, 3.05) is 5.32 Å². The summed E-state index contributed by atoms with van der Waals surface area (Å²) in [6, 6.07) is 18.9. The molecule has 0 aliphatic heterocycles. The van der Waals surface area contributed by atoms with Crippen molar-refractivity contribution in [2.24, 2.45) is 0 Å². The van der Waals surface area contributed by atoms with Crippen molar-refractivity contribution in [1.82, 2.24) is 4.98 Å². The normalized spacial score (nSPS) is 11.4. The first-order valence-corrected chi connectivity index (χ1v) is 12.5. The third kappa shape index (κ3) is 5.05. The fourth-order valence-electron chi connectivity index (χ4n) is 3.23. The number of thiophene rings is 1. The molecule has 4 rings (SSSR count). The van der Waals surface area contributed by atoms with E-state index in [-0.39, 0.29) is 15.3 Å². The first kappa shape index (κ1) is 23.3. The van der Waals surface area contributed by atoms with Gasteiger partial charge < -0.3 is 0 Å². The SMILES string of the molecule is CC(C)(C)c1ccc(-c2nc(NC(=O)c3ccc([N+](=O)[O-])s3)sc2-c2ccccc2Br)cc1. The number of nitro groups is 1. The summed E-state index contributed by atoms with van der Waals surface area (Å²) < 4.78 is 0.924. The third-order valence-electron chi connectivity index (χ3n) is 4.99. The van der Waals surface area contributed by atoms with Gasteiger partial charge in [-0.3, -0.25) is 20.2 Å². The Morgan fingerprint density at radius 3 is 2.33 bits per heavy atom. The third-order valence-corrected chi connectivity index (χ3v) is 7.72. The van der Waals surface area contributed by atoms with Crippen LogP contribution in [0.1, 0.15) is 36.0 Å². The maximum absolute atomic E-state index is 12.7. The van der Waals surface area contributed by atoms with Gasteiger partial charge in [-0.2, -0.15) is 0 Å². The predicted molar refractivity (Wildman–Crippen MR) is 138 cm³/mol. The van der Waals surface area contributed by atoms with Gasteiger partial charge in [-0.25, -0.2) is 4.98 Å². The first-order valence-electron chi connectivity index (χ1n) is 10.1. The van der Waals surface area contributed by atoms with Crippen molar-refractivity contribution in [1.29, 1.82) is 0 Å². The van der Waals surface area contributed by atoms with Crippen LogP contribution >= 0.6 is 38.6 Å². The second-order valence-electron chi connectivity index (χ2n) is 8.35. The fraction of sp³-hybridized carbons (Fsp3) is 0.167. The van der Waals surface area contributed by atoms with E-state index in [2.05, 4.69) is 54.2 Å². The van der Waals surface area contributed by atoms with Crippen molar-refractivity contribution < 1.29 is 9.72 Å². The highest BCUT2D eigenvalue weighted by Crippen LogP contribution is 2.42. The molecule has 0 saturated heterocycles. The van der Waals surface area contributed by atoms with Gasteiger partial charge in [0.2, 0.25) is 0 Å². The molecule has 0 aliphatic carbocycles. The highest BCUT2D eigenvalue weighted by molar-refractivity contribution is 9.10. The summed E-state index contributed by atoms with van der Waals surface area (Å²) in [5.74, 6) is -0.421. The lowest BCUT2D eigenvalue weighted by atomic mass is 9.86. The number of benzene rings is 2. The van der Waals surface area contributed by atoms with E-state index < -0.39 is 10.8 Å². The molecular weight excluding hydrogens is 522 g/mol. The topological polar surface area (TPSA) is 85.1 Å². The highest BCUT2D eigenvalue weighted by Gasteiger charge is 2.21. The van der Waals surface area contributed by atoms with Crippen molar-refractivity contribution in [3.05, 3.63) is 85.7 Å². The van der Waals surface area contributed by atoms with Gasteiger partial charge in [0.25, 0.3) is 5.91 Å². The number of rotatable bonds is 5. The zero-order chi connectivity index (χ0) is 23.8. The van der Waals surface area contributed by atoms with Crippen LogP contribution in [0.15, 0.2) is 65.1 Å². The van der Waals surface area contributed by atoms with E-state index in [1.165, 1.54) is 29.0 Å². The lowest BCUT2D eigenvalue weighted by Gasteiger charge is -2.19. The monoisotopic (exact) mass is 541 g/mol. The minimum atomic E-state index is -0.505. The molecule has 2 heterocycles. The fourth-order valence-corrected chi connectivity index (χ4v) is 5.58. The maximum atomic E-state index is 12.7. The van der Waals surface area contributed by atoms with Crippen molar-refractivity contribution >= 4 is 54.6 Å². The number of anilines is 1. The van der Waals surface area contributed by atoms with Gasteiger partial charge in [0.1, 0.15) is 0 Å². The quantitative estimate of drug-likeness (QED) is 0.206. The minimum Gasteiger partial charge on any atom is -0.297 e. The lowest BCUT2D eigenvalue weighted by molar-refractivity contribution is -0.380. The molecule has 2 aromatic heterocycles. The Balaban J connectivity index is 1.73. The summed E-state index contributed by atoms with van der Waals surface area (Å²) in [6.45, 7) is 6.50. The number of carbonyl (C=O) groups is 1. The van der Waals surface area contributed by atoms with E-state index in [1.807, 2.05) is 36.4 Å². The number of amides is 1. The number of nitrogens with zero attached hydrogens (tertiary/aromatic N) is 2. The number of nitrogens with one attached hydrogen (secondary N) is 1. The van der Waals surface area contributed by atoms with Gasteiger partial charge in [0, 0.05) is 21.7 Å². The number of aromatic nitrogens is 1. The lowest BCUT2D eigenvalue weighted by Crippen LogP contribution is -2.10. The Bertz CT molecular complexity index is 1340. The van der Waals surface area contributed by atoms with E-state index in [1.54, 1.807) is 0 Å². The van der Waals surface area contributed by atoms with E-state index in [0.717, 1.165) is 37.5 Å². The number of thiazole rings is 1. The molecule has 0 unspecified atom stereocenters. The largest absolute Gasteiger partial charge is 0.324 e. The zero-order valence-electron chi connectivity index (χ0n) is 18.1. The van der Waals surface area contributed by atoms with Gasteiger partial charge >= 0.3 is 5.00 Å². The van der Waals surface area contributed by atoms with Gasteiger partial charge in [-0.15, -0.1) is 0 Å². The van der Waals surface area contributed by atoms with Crippen molar-refractivity contribution in [3.63, 3.8) is 0 Å². The molecule has 1 N–H and O–H groups in total. The average Bonchev–Trinajstić information content (AvgIpc) is 3.41. The van der Waals surface area contributed by atoms with Crippen LogP contribution in [0.3, 0.4) is 0 Å². The van der Waals surface area contributed by atoms with Crippen LogP contribution in [-0.2, 0) is 5.41 Å². The second kappa shape index (κ2) is 9.17. The first-order chi connectivity index (χ1) is 15.6. The van der Waals surface area contributed by atoms with Gasteiger partial charge in [0.15, 0.2) is 5.13 Å². The Kier molecular flexibility index (Phi) is 6.47. The molecule has 1 amide bonds. The van der Waals surface area contributed by atoms with Crippen molar-refractivity contribution in [2.45, 2.75) is 26.2 Å². The number of hydrogen-bond donors (Lipinski definition) is 1. The molecule has 168 valence electrons. The molecule has 0 aliphatic rings. The summed E-state index contributed by atoms with van der Waals surface area (Å²) in [7, 11) is 0. The molecule has 0 fully saturated rings. The Morgan fingerprint density at radius 2 is 1.73 bits per heavy atom. The number of hydrogen-bond acceptors (Lipinski definition) is 6. The van der Waals surface area contributed by atoms with Crippen LogP contribution in [0.25, 0.3) is 21.7 Å². The summed E-state index contributed by atoms with van der Waals surface area (Å²) in [5.41, 5.74) is 3.93. The zero-order valence-corrected chi connectivity index (χ0v) is 21.3. The summed E-state index contributed by atoms with van der Waals surface area (Å²) in [6.07, 6.45) is 0. The van der Waals surface area contributed by atoms with Crippen molar-refractivity contribution in [3.8, 4) is 21.7 Å². The Hall–Kier alpha value is -2.88. The smallest absolute Gasteiger partial charge is 0.297 e. The summed E-state index contributed by atoms with van der Waals surface area (Å²) in [4.78, 5) is 29.0. The van der Waals surface area contributed by atoms with E-state index >= 15 is 0 Å². The molecule has 0 saturated carbocycles. The van der Waals surface area contributed by atoms with Crippen LogP contribution in [0, 0.1) is 10.1 Å². The van der Waals surface area contributed by atoms with Crippen LogP contribution < -0.4 is 5.32 Å². The van der Waals surface area contributed by atoms with Crippen LogP contribution in [0.4, 0.5) is 10.1 Å². The van der Waals surface area contributed by atoms with Gasteiger partial charge in [0.05, 0.1) is 20.4 Å². The van der Waals surface area contributed by atoms with E-state index in [0.29, 0.717) is 5.13 Å². The van der Waals surface area contributed by atoms with Gasteiger partial charge in [-0.1, -0.05) is 102 Å². The number of carbonyl (C=O) groups excluding carboxylic acids is 1. The van der Waals surface area contributed by atoms with Crippen LogP contribution in [0.5, 0.6) is 0 Å². The minimum absolute atomic E-state index is 0.0361. The molecule has 33 heavy (non-hydrogen) atoms. The molecule has 0 bridgehead atoms. The second-order valence-corrected chi connectivity index (χ2v) is 11.3. The molecule has 0 spiro atoms. The predicted octanol–water partition coefficient (Wildman–Crippen LogP) is 7.76. The maximum Gasteiger partial charge on any atom is 0.324 e. The number of halogens is 1. The Morgan fingerprint density at radius 1 is 1.03 bits per heavy atom. The van der Waals surface area contributed by atoms with Gasteiger partial charge in [-0.05, 0) is 23.1 Å².